The Morgan fingerprint density at radius 1 is 1.08 bits per heavy atom. The second-order valence-electron chi connectivity index (χ2n) is 5.04. The predicted molar refractivity (Wildman–Crippen MR) is 101 cm³/mol. The lowest BCUT2D eigenvalue weighted by Gasteiger charge is -2.03. The van der Waals surface area contributed by atoms with Crippen LogP contribution >= 0.6 is 46.3 Å². The van der Waals surface area contributed by atoms with E-state index in [4.69, 9.17) is 23.2 Å². The maximum Gasteiger partial charge on any atom is 0.258 e. The monoisotopic (exact) mass is 393 g/mol. The standard InChI is InChI=1S/C16H9Cl2N3OS2/c17-9-1-3-13-12(5-9)20-16(24-13)23-8-11-6-15(22)21-7-10(18)2-4-14(21)19-11/h1-7H,8H2. The highest BCUT2D eigenvalue weighted by molar-refractivity contribution is 8.00. The van der Waals surface area contributed by atoms with Crippen LogP contribution in [0, 0.1) is 0 Å². The van der Waals surface area contributed by atoms with Crippen LogP contribution in [-0.2, 0) is 5.75 Å². The number of benzene rings is 1. The molecule has 0 saturated carbocycles. The molecule has 0 aliphatic carbocycles. The van der Waals surface area contributed by atoms with Crippen LogP contribution in [0.15, 0.2) is 51.7 Å². The molecule has 0 aliphatic rings. The Hall–Kier alpha value is -1.60. The fourth-order valence-corrected chi connectivity index (χ4v) is 4.55. The highest BCUT2D eigenvalue weighted by atomic mass is 35.5. The Morgan fingerprint density at radius 3 is 2.79 bits per heavy atom. The third kappa shape index (κ3) is 3.15. The van der Waals surface area contributed by atoms with Crippen molar-refractivity contribution in [1.82, 2.24) is 14.4 Å². The lowest BCUT2D eigenvalue weighted by atomic mass is 10.3. The van der Waals surface area contributed by atoms with Crippen molar-refractivity contribution in [2.24, 2.45) is 0 Å². The van der Waals surface area contributed by atoms with Gasteiger partial charge >= 0.3 is 0 Å². The number of pyridine rings is 1. The minimum atomic E-state index is -0.144. The van der Waals surface area contributed by atoms with Gasteiger partial charge in [-0.2, -0.15) is 0 Å². The van der Waals surface area contributed by atoms with Gasteiger partial charge < -0.3 is 0 Å². The summed E-state index contributed by atoms with van der Waals surface area (Å²) in [5.41, 5.74) is 2.04. The van der Waals surface area contributed by atoms with Gasteiger partial charge in [-0.1, -0.05) is 35.0 Å². The van der Waals surface area contributed by atoms with Gasteiger partial charge in [-0.05, 0) is 30.3 Å². The lowest BCUT2D eigenvalue weighted by Crippen LogP contribution is -2.14. The van der Waals surface area contributed by atoms with Crippen molar-refractivity contribution < 1.29 is 0 Å². The van der Waals surface area contributed by atoms with Gasteiger partial charge in [0.1, 0.15) is 5.65 Å². The molecule has 3 aromatic heterocycles. The Morgan fingerprint density at radius 2 is 1.92 bits per heavy atom. The Kier molecular flexibility index (Phi) is 4.22. The first-order valence-electron chi connectivity index (χ1n) is 6.95. The molecule has 0 saturated heterocycles. The number of hydrogen-bond acceptors (Lipinski definition) is 5. The molecule has 0 N–H and O–H groups in total. The molecule has 0 unspecified atom stereocenters. The fourth-order valence-electron chi connectivity index (χ4n) is 2.28. The highest BCUT2D eigenvalue weighted by Crippen LogP contribution is 2.32. The summed E-state index contributed by atoms with van der Waals surface area (Å²) in [5, 5.41) is 1.17. The van der Waals surface area contributed by atoms with Crippen LogP contribution in [0.2, 0.25) is 10.0 Å². The average Bonchev–Trinajstić information content (AvgIpc) is 2.95. The smallest absolute Gasteiger partial charge is 0.258 e. The van der Waals surface area contributed by atoms with E-state index in [2.05, 4.69) is 9.97 Å². The quantitative estimate of drug-likeness (QED) is 0.464. The Labute approximate surface area is 155 Å². The minimum absolute atomic E-state index is 0.144. The third-order valence-electron chi connectivity index (χ3n) is 3.35. The molecule has 4 rings (SSSR count). The number of aromatic nitrogens is 3. The summed E-state index contributed by atoms with van der Waals surface area (Å²) in [7, 11) is 0. The van der Waals surface area contributed by atoms with Crippen LogP contribution in [0.4, 0.5) is 0 Å². The van der Waals surface area contributed by atoms with Crippen molar-refractivity contribution >= 4 is 62.2 Å². The largest absolute Gasteiger partial charge is 0.269 e. The van der Waals surface area contributed by atoms with Crippen LogP contribution in [-0.4, -0.2) is 14.4 Å². The second-order valence-corrected chi connectivity index (χ2v) is 8.17. The first-order chi connectivity index (χ1) is 11.6. The van der Waals surface area contributed by atoms with E-state index in [1.807, 2.05) is 18.2 Å². The average molecular weight is 394 g/mol. The molecule has 0 aliphatic heterocycles. The van der Waals surface area contributed by atoms with E-state index in [1.165, 1.54) is 10.5 Å². The van der Waals surface area contributed by atoms with Gasteiger partial charge in [-0.3, -0.25) is 9.20 Å². The fraction of sp³-hybridized carbons (Fsp3) is 0.0625. The molecule has 0 radical (unpaired) electrons. The van der Waals surface area contributed by atoms with Crippen LogP contribution in [0.25, 0.3) is 15.9 Å². The summed E-state index contributed by atoms with van der Waals surface area (Å²) in [6, 6.07) is 10.6. The number of nitrogens with zero attached hydrogens (tertiary/aromatic N) is 3. The van der Waals surface area contributed by atoms with Crippen molar-refractivity contribution in [3.05, 3.63) is 68.7 Å². The van der Waals surface area contributed by atoms with Crippen LogP contribution in [0.1, 0.15) is 5.69 Å². The van der Waals surface area contributed by atoms with Gasteiger partial charge in [0.15, 0.2) is 4.34 Å². The molecule has 24 heavy (non-hydrogen) atoms. The van der Waals surface area contributed by atoms with Gasteiger partial charge in [0.05, 0.1) is 20.9 Å². The van der Waals surface area contributed by atoms with Crippen molar-refractivity contribution in [2.75, 3.05) is 0 Å². The van der Waals surface area contributed by atoms with E-state index in [0.717, 1.165) is 14.6 Å². The second kappa shape index (κ2) is 6.37. The van der Waals surface area contributed by atoms with E-state index < -0.39 is 0 Å². The van der Waals surface area contributed by atoms with E-state index in [0.29, 0.717) is 27.1 Å². The van der Waals surface area contributed by atoms with Crippen molar-refractivity contribution in [2.45, 2.75) is 10.1 Å². The zero-order chi connectivity index (χ0) is 16.7. The molecular weight excluding hydrogens is 385 g/mol. The number of fused-ring (bicyclic) bond motifs is 2. The molecule has 0 fully saturated rings. The summed E-state index contributed by atoms with van der Waals surface area (Å²) in [6.45, 7) is 0. The maximum absolute atomic E-state index is 12.2. The van der Waals surface area contributed by atoms with E-state index in [1.54, 1.807) is 41.4 Å². The van der Waals surface area contributed by atoms with Crippen LogP contribution in [0.3, 0.4) is 0 Å². The molecule has 3 heterocycles. The Balaban J connectivity index is 1.61. The molecule has 0 amide bonds. The number of hydrogen-bond donors (Lipinski definition) is 0. The lowest BCUT2D eigenvalue weighted by molar-refractivity contribution is 1.01. The number of rotatable bonds is 3. The predicted octanol–water partition coefficient (Wildman–Crippen LogP) is 4.90. The first-order valence-corrected chi connectivity index (χ1v) is 9.51. The zero-order valence-electron chi connectivity index (χ0n) is 12.1. The van der Waals surface area contributed by atoms with Crippen molar-refractivity contribution in [1.29, 1.82) is 0 Å². The summed E-state index contributed by atoms with van der Waals surface area (Å²) >= 11 is 15.1. The van der Waals surface area contributed by atoms with E-state index in [9.17, 15) is 4.79 Å². The van der Waals surface area contributed by atoms with E-state index >= 15 is 0 Å². The summed E-state index contributed by atoms with van der Waals surface area (Å²) < 4.78 is 3.45. The molecule has 0 atom stereocenters. The molecule has 8 heteroatoms. The topological polar surface area (TPSA) is 47.3 Å². The number of halogens is 2. The summed E-state index contributed by atoms with van der Waals surface area (Å²) in [6.07, 6.45) is 1.57. The van der Waals surface area contributed by atoms with Gasteiger partial charge in [0.25, 0.3) is 5.56 Å². The Bertz CT molecular complexity index is 1120. The third-order valence-corrected chi connectivity index (χ3v) is 6.02. The summed E-state index contributed by atoms with van der Waals surface area (Å²) in [4.78, 5) is 21.2. The molecule has 4 aromatic rings. The highest BCUT2D eigenvalue weighted by Gasteiger charge is 2.08. The van der Waals surface area contributed by atoms with E-state index in [-0.39, 0.29) is 5.56 Å². The van der Waals surface area contributed by atoms with Gasteiger partial charge in [-0.25, -0.2) is 9.97 Å². The molecule has 4 nitrogen and oxygen atoms in total. The van der Waals surface area contributed by atoms with Crippen molar-refractivity contribution in [3.63, 3.8) is 0 Å². The van der Waals surface area contributed by atoms with Crippen LogP contribution in [0.5, 0.6) is 0 Å². The minimum Gasteiger partial charge on any atom is -0.269 e. The van der Waals surface area contributed by atoms with Gasteiger partial charge in [-0.15, -0.1) is 11.3 Å². The number of thiazole rings is 1. The molecule has 0 bridgehead atoms. The zero-order valence-corrected chi connectivity index (χ0v) is 15.2. The molecule has 0 spiro atoms. The van der Waals surface area contributed by atoms with Crippen LogP contribution < -0.4 is 5.56 Å². The normalized spacial score (nSPS) is 11.4. The number of thioether (sulfide) groups is 1. The first kappa shape index (κ1) is 15.9. The summed E-state index contributed by atoms with van der Waals surface area (Å²) in [5.74, 6) is 0.571. The molecule has 1 aromatic carbocycles. The van der Waals surface area contributed by atoms with Gasteiger partial charge in [0, 0.05) is 23.0 Å². The maximum atomic E-state index is 12.2. The van der Waals surface area contributed by atoms with Crippen molar-refractivity contribution in [3.8, 4) is 0 Å². The molecule has 120 valence electrons. The van der Waals surface area contributed by atoms with Gasteiger partial charge in [0.2, 0.25) is 0 Å². The SMILES string of the molecule is O=c1cc(CSc2nc3cc(Cl)ccc3s2)nc2ccc(Cl)cn12. The molecular formula is C16H9Cl2N3OS2.